The number of carboxylic acid groups (broad SMARTS) is 1. The van der Waals surface area contributed by atoms with Crippen LogP contribution in [0.3, 0.4) is 0 Å². The molecule has 1 aliphatic rings. The number of methoxy groups -OCH3 is 2. The Bertz CT molecular complexity index is 1750. The van der Waals surface area contributed by atoms with E-state index in [9.17, 15) is 33.9 Å². The van der Waals surface area contributed by atoms with Gasteiger partial charge in [0.25, 0.3) is 0 Å². The maximum atomic E-state index is 14.6. The number of hydrogen-bond donors (Lipinski definition) is 3. The molecule has 0 bridgehead atoms. The number of nitrogens with zero attached hydrogens (tertiary/aromatic N) is 4. The quantitative estimate of drug-likeness (QED) is 0.0434. The van der Waals surface area contributed by atoms with Gasteiger partial charge in [0.05, 0.1) is 42.3 Å². The number of likely N-dealkylation sites (tertiary alicyclic amines) is 1. The van der Waals surface area contributed by atoms with Crippen molar-refractivity contribution in [3.05, 3.63) is 35.9 Å². The number of thioether (sulfide) groups is 2. The molecule has 0 aliphatic carbocycles. The minimum absolute atomic E-state index is 0.0614. The molecule has 9 atom stereocenters. The predicted molar refractivity (Wildman–Crippen MR) is 273 cm³/mol. The molecule has 5 amide bonds. The fraction of sp³-hybridized carbons (Fsp3) is 0.740. The first-order valence-corrected chi connectivity index (χ1v) is 27.0. The summed E-state index contributed by atoms with van der Waals surface area (Å²) in [6.45, 7) is 14.1. The van der Waals surface area contributed by atoms with Gasteiger partial charge in [0.15, 0.2) is 0 Å². The summed E-state index contributed by atoms with van der Waals surface area (Å²) in [5.74, 6) is -2.58. The van der Waals surface area contributed by atoms with Gasteiger partial charge in [-0.05, 0) is 67.9 Å². The highest BCUT2D eigenvalue weighted by Crippen LogP contribution is 2.30. The standard InChI is InChI=1S/C50H84N6O10S2/c1-14-34(6)45(40(64-10)29-42(58)56-26-21-24-39(56)46(65-11)35(7)47(59)51-38(50(62)63)28-36-22-17-15-18-23-36)55(9)49(61)43(32(2)3)52-48(60)44(33(4)5)54(8)41(57)25-19-16-20-27-66-53-37(30-67-12)31-68-13/h15,17-18,22-23,32-35,38-40,43-46H,14,16,19-21,24-31H2,1-13H3,(H,51,59)(H,52,60)(H,62,63)/t34-,35+,38-,39-,40+,43-,44-,45-,46+/m0/s1. The molecule has 68 heavy (non-hydrogen) atoms. The number of carboxylic acids is 1. The average molecular weight is 993 g/mol. The van der Waals surface area contributed by atoms with Crippen LogP contribution < -0.4 is 10.6 Å². The molecule has 1 fully saturated rings. The van der Waals surface area contributed by atoms with E-state index in [1.807, 2.05) is 72.3 Å². The Morgan fingerprint density at radius 1 is 0.868 bits per heavy atom. The lowest BCUT2D eigenvalue weighted by Crippen LogP contribution is -2.60. The fourth-order valence-electron chi connectivity index (χ4n) is 9.07. The summed E-state index contributed by atoms with van der Waals surface area (Å²) in [7, 11) is 6.32. The number of carbonyl (C=O) groups excluding carboxylic acids is 5. The van der Waals surface area contributed by atoms with Crippen LogP contribution in [0.4, 0.5) is 0 Å². The van der Waals surface area contributed by atoms with Gasteiger partial charge < -0.3 is 44.8 Å². The van der Waals surface area contributed by atoms with Crippen molar-refractivity contribution >= 4 is 64.7 Å². The lowest BCUT2D eigenvalue weighted by Gasteiger charge is -2.41. The number of carbonyl (C=O) groups is 6. The normalized spacial score (nSPS) is 17.3. The highest BCUT2D eigenvalue weighted by atomic mass is 32.2. The van der Waals surface area contributed by atoms with E-state index in [2.05, 4.69) is 15.8 Å². The number of aliphatic carboxylic acids is 1. The maximum Gasteiger partial charge on any atom is 0.326 e. The zero-order valence-electron chi connectivity index (χ0n) is 43.2. The summed E-state index contributed by atoms with van der Waals surface area (Å²) >= 11 is 3.41. The second kappa shape index (κ2) is 31.4. The van der Waals surface area contributed by atoms with Crippen molar-refractivity contribution < 1.29 is 48.2 Å². The van der Waals surface area contributed by atoms with Crippen molar-refractivity contribution in [2.75, 3.05) is 65.5 Å². The van der Waals surface area contributed by atoms with Crippen LogP contribution in [0.1, 0.15) is 105 Å². The Morgan fingerprint density at radius 3 is 2.06 bits per heavy atom. The van der Waals surface area contributed by atoms with Crippen molar-refractivity contribution in [3.63, 3.8) is 0 Å². The van der Waals surface area contributed by atoms with Gasteiger partial charge in [0.2, 0.25) is 29.5 Å². The molecular weight excluding hydrogens is 909 g/mol. The van der Waals surface area contributed by atoms with Crippen molar-refractivity contribution in [1.29, 1.82) is 0 Å². The Balaban J connectivity index is 2.18. The van der Waals surface area contributed by atoms with Gasteiger partial charge in [0.1, 0.15) is 24.7 Å². The van der Waals surface area contributed by atoms with Crippen LogP contribution >= 0.6 is 23.5 Å². The van der Waals surface area contributed by atoms with Crippen LogP contribution in [0, 0.1) is 23.7 Å². The number of likely N-dealkylation sites (N-methyl/N-ethyl adjacent to an activating group) is 2. The first-order valence-electron chi connectivity index (χ1n) is 24.2. The summed E-state index contributed by atoms with van der Waals surface area (Å²) in [6.07, 6.45) is 7.02. The number of rotatable bonds is 32. The van der Waals surface area contributed by atoms with E-state index in [1.54, 1.807) is 66.5 Å². The highest BCUT2D eigenvalue weighted by molar-refractivity contribution is 8.00. The number of unbranched alkanes of at least 4 members (excludes halogenated alkanes) is 2. The van der Waals surface area contributed by atoms with Gasteiger partial charge in [-0.1, -0.05) is 90.4 Å². The third-order valence-electron chi connectivity index (χ3n) is 13.0. The second-order valence-corrected chi connectivity index (χ2v) is 20.5. The van der Waals surface area contributed by atoms with Crippen LogP contribution in [0.15, 0.2) is 35.5 Å². The molecule has 2 rings (SSSR count). The van der Waals surface area contributed by atoms with Crippen LogP contribution in [0.25, 0.3) is 0 Å². The van der Waals surface area contributed by atoms with E-state index in [4.69, 9.17) is 14.3 Å². The molecule has 0 radical (unpaired) electrons. The molecule has 0 spiro atoms. The Kier molecular flexibility index (Phi) is 27.8. The SMILES string of the molecule is CC[C@H](C)[C@@H]([C@@H](CC(=O)N1CCC[C@H]1[C@H](OC)[C@@H](C)C(=O)N[C@@H](Cc1ccccc1)C(=O)O)OC)N(C)C(=O)[C@@H](NC(=O)[C@H](C(C)C)N(C)C(=O)CCCCCON=C(CSC)CSC)C(C)C. The van der Waals surface area contributed by atoms with Gasteiger partial charge in [-0.15, -0.1) is 0 Å². The van der Waals surface area contributed by atoms with Crippen LogP contribution in [-0.4, -0.2) is 169 Å². The zero-order valence-corrected chi connectivity index (χ0v) is 44.8. The van der Waals surface area contributed by atoms with Gasteiger partial charge in [-0.25, -0.2) is 4.79 Å². The molecule has 0 unspecified atom stereocenters. The Labute approximate surface area is 415 Å². The molecule has 18 heteroatoms. The van der Waals surface area contributed by atoms with E-state index in [0.717, 1.165) is 35.6 Å². The summed E-state index contributed by atoms with van der Waals surface area (Å²) in [4.78, 5) is 92.6. The number of hydrogen-bond acceptors (Lipinski definition) is 12. The molecule has 1 aliphatic heterocycles. The maximum absolute atomic E-state index is 14.6. The molecule has 0 saturated carbocycles. The molecule has 386 valence electrons. The first-order chi connectivity index (χ1) is 32.3. The van der Waals surface area contributed by atoms with E-state index in [-0.39, 0.29) is 54.7 Å². The van der Waals surface area contributed by atoms with E-state index >= 15 is 0 Å². The Hall–Kier alpha value is -3.87. The first kappa shape index (κ1) is 60.3. The predicted octanol–water partition coefficient (Wildman–Crippen LogP) is 6.00. The minimum atomic E-state index is -1.15. The molecular formula is C50H84N6O10S2. The highest BCUT2D eigenvalue weighted by Gasteiger charge is 2.44. The third-order valence-corrected chi connectivity index (χ3v) is 14.3. The van der Waals surface area contributed by atoms with Crippen molar-refractivity contribution in [3.8, 4) is 0 Å². The van der Waals surface area contributed by atoms with Gasteiger partial charge in [-0.3, -0.25) is 24.0 Å². The molecule has 1 aromatic carbocycles. The monoisotopic (exact) mass is 993 g/mol. The largest absolute Gasteiger partial charge is 0.480 e. The molecule has 1 saturated heterocycles. The molecule has 1 heterocycles. The van der Waals surface area contributed by atoms with E-state index in [1.165, 1.54) is 19.1 Å². The van der Waals surface area contributed by atoms with E-state index in [0.29, 0.717) is 38.8 Å². The lowest BCUT2D eigenvalue weighted by molar-refractivity contribution is -0.149. The van der Waals surface area contributed by atoms with Crippen molar-refractivity contribution in [2.45, 2.75) is 149 Å². The van der Waals surface area contributed by atoms with Gasteiger partial charge in [-0.2, -0.15) is 23.5 Å². The molecule has 0 aromatic heterocycles. The number of ether oxygens (including phenoxy) is 2. The number of benzene rings is 1. The lowest BCUT2D eigenvalue weighted by atomic mass is 9.89. The fourth-order valence-corrected chi connectivity index (χ4v) is 10.2. The van der Waals surface area contributed by atoms with Crippen LogP contribution in [0.5, 0.6) is 0 Å². The smallest absolute Gasteiger partial charge is 0.326 e. The zero-order chi connectivity index (χ0) is 51.1. The summed E-state index contributed by atoms with van der Waals surface area (Å²) in [5.41, 5.74) is 1.78. The third kappa shape index (κ3) is 18.5. The summed E-state index contributed by atoms with van der Waals surface area (Å²) < 4.78 is 12.0. The molecule has 3 N–H and O–H groups in total. The summed E-state index contributed by atoms with van der Waals surface area (Å²) in [6, 6.07) is 5.16. The Morgan fingerprint density at radius 2 is 1.51 bits per heavy atom. The van der Waals surface area contributed by atoms with Crippen molar-refractivity contribution in [2.24, 2.45) is 28.8 Å². The topological polar surface area (TPSA) is 196 Å². The molecule has 1 aromatic rings. The van der Waals surface area contributed by atoms with Gasteiger partial charge in [0, 0.05) is 59.2 Å². The average Bonchev–Trinajstić information content (AvgIpc) is 3.79. The van der Waals surface area contributed by atoms with E-state index < -0.39 is 66.1 Å². The van der Waals surface area contributed by atoms with Crippen LogP contribution in [0.2, 0.25) is 0 Å². The summed E-state index contributed by atoms with van der Waals surface area (Å²) in [5, 5.41) is 19.9. The number of oxime groups is 1. The number of amides is 5. The minimum Gasteiger partial charge on any atom is -0.480 e. The van der Waals surface area contributed by atoms with Crippen LogP contribution in [-0.2, 0) is 49.5 Å². The second-order valence-electron chi connectivity index (χ2n) is 18.8. The van der Waals surface area contributed by atoms with Gasteiger partial charge >= 0.3 is 5.97 Å². The van der Waals surface area contributed by atoms with Crippen molar-refractivity contribution in [1.82, 2.24) is 25.3 Å². The number of nitrogens with one attached hydrogen (secondary N) is 2. The molecule has 16 nitrogen and oxygen atoms in total.